The van der Waals surface area contributed by atoms with Crippen LogP contribution in [0.25, 0.3) is 0 Å². The average Bonchev–Trinajstić information content (AvgIpc) is 3.16. The Kier molecular flexibility index (Phi) is 6.42. The molecule has 7 heteroatoms. The second-order valence-electron chi connectivity index (χ2n) is 7.35. The molecule has 0 fully saturated rings. The largest absolute Gasteiger partial charge is 0.492 e. The van der Waals surface area contributed by atoms with E-state index in [2.05, 4.69) is 16.5 Å². The van der Waals surface area contributed by atoms with Crippen LogP contribution in [0.15, 0.2) is 12.1 Å². The lowest BCUT2D eigenvalue weighted by molar-refractivity contribution is -0.116. The van der Waals surface area contributed by atoms with Crippen molar-refractivity contribution >= 4 is 11.6 Å². The van der Waals surface area contributed by atoms with Crippen molar-refractivity contribution in [1.82, 2.24) is 9.78 Å². The highest BCUT2D eigenvalue weighted by Crippen LogP contribution is 2.38. The van der Waals surface area contributed by atoms with Crippen molar-refractivity contribution in [3.8, 4) is 17.6 Å². The Morgan fingerprint density at radius 3 is 2.97 bits per heavy atom. The molecule has 0 radical (unpaired) electrons. The summed E-state index contributed by atoms with van der Waals surface area (Å²) in [6.45, 7) is 8.97. The van der Waals surface area contributed by atoms with E-state index in [-0.39, 0.29) is 12.0 Å². The summed E-state index contributed by atoms with van der Waals surface area (Å²) < 4.78 is 13.4. The summed E-state index contributed by atoms with van der Waals surface area (Å²) in [5.74, 6) is 1.40. The zero-order valence-corrected chi connectivity index (χ0v) is 17.5. The molecule has 1 unspecified atom stereocenters. The van der Waals surface area contributed by atoms with Gasteiger partial charge in [-0.15, -0.1) is 0 Å². The van der Waals surface area contributed by atoms with Crippen LogP contribution in [-0.2, 0) is 24.2 Å². The van der Waals surface area contributed by atoms with E-state index in [0.717, 1.165) is 34.7 Å². The molecule has 1 N–H and O–H groups in total. The van der Waals surface area contributed by atoms with Gasteiger partial charge in [0.2, 0.25) is 5.91 Å². The summed E-state index contributed by atoms with van der Waals surface area (Å²) in [4.78, 5) is 12.6. The lowest BCUT2D eigenvalue weighted by atomic mass is 10.1. The van der Waals surface area contributed by atoms with Crippen LogP contribution in [-0.4, -0.2) is 28.4 Å². The predicted octanol–water partition coefficient (Wildman–Crippen LogP) is 3.71. The van der Waals surface area contributed by atoms with Crippen LogP contribution in [0.5, 0.6) is 11.5 Å². The topological polar surface area (TPSA) is 89.2 Å². The van der Waals surface area contributed by atoms with Crippen LogP contribution in [0, 0.1) is 25.2 Å². The summed E-state index contributed by atoms with van der Waals surface area (Å²) in [5, 5.41) is 16.2. The Morgan fingerprint density at radius 2 is 2.24 bits per heavy atom. The SMILES string of the molecule is CCOc1cc2c(cc1NC(=O)CCc1c(C)nn(CCC#N)c1C)OC(C)C2. The Morgan fingerprint density at radius 1 is 1.45 bits per heavy atom. The second kappa shape index (κ2) is 8.99. The molecule has 3 rings (SSSR count). The van der Waals surface area contributed by atoms with Gasteiger partial charge in [0, 0.05) is 30.2 Å². The molecule has 1 atom stereocenters. The maximum atomic E-state index is 12.6. The third-order valence-electron chi connectivity index (χ3n) is 5.14. The summed E-state index contributed by atoms with van der Waals surface area (Å²) in [6, 6.07) is 5.96. The second-order valence-corrected chi connectivity index (χ2v) is 7.35. The van der Waals surface area contributed by atoms with Gasteiger partial charge in [0.15, 0.2) is 0 Å². The van der Waals surface area contributed by atoms with Crippen LogP contribution in [0.4, 0.5) is 5.69 Å². The molecule has 1 aliphatic rings. The van der Waals surface area contributed by atoms with E-state index >= 15 is 0 Å². The first-order valence-electron chi connectivity index (χ1n) is 10.1. The minimum Gasteiger partial charge on any atom is -0.492 e. The van der Waals surface area contributed by atoms with Gasteiger partial charge < -0.3 is 14.8 Å². The number of aryl methyl sites for hydroxylation is 2. The Labute approximate surface area is 171 Å². The standard InChI is InChI=1S/C22H28N4O3/c1-5-28-21-12-17-11-14(2)29-20(17)13-19(21)24-22(27)8-7-18-15(3)25-26(16(18)4)10-6-9-23/h12-14H,5-8,10-11H2,1-4H3,(H,24,27). The number of carbonyl (C=O) groups is 1. The van der Waals surface area contributed by atoms with Crippen LogP contribution >= 0.6 is 0 Å². The molecule has 2 aromatic rings. The van der Waals surface area contributed by atoms with E-state index in [4.69, 9.17) is 14.7 Å². The van der Waals surface area contributed by atoms with Crippen molar-refractivity contribution in [1.29, 1.82) is 5.26 Å². The number of benzene rings is 1. The van der Waals surface area contributed by atoms with Crippen LogP contribution in [0.3, 0.4) is 0 Å². The van der Waals surface area contributed by atoms with Gasteiger partial charge in [0.05, 0.1) is 37.0 Å². The zero-order valence-electron chi connectivity index (χ0n) is 17.5. The van der Waals surface area contributed by atoms with Gasteiger partial charge in [0.25, 0.3) is 0 Å². The number of carbonyl (C=O) groups excluding carboxylic acids is 1. The van der Waals surface area contributed by atoms with E-state index in [1.54, 1.807) is 0 Å². The van der Waals surface area contributed by atoms with Crippen LogP contribution in [0.1, 0.15) is 49.2 Å². The van der Waals surface area contributed by atoms with Crippen molar-refractivity contribution in [2.75, 3.05) is 11.9 Å². The lowest BCUT2D eigenvalue weighted by Crippen LogP contribution is -2.14. The van der Waals surface area contributed by atoms with Crippen LogP contribution in [0.2, 0.25) is 0 Å². The predicted molar refractivity (Wildman–Crippen MR) is 110 cm³/mol. The molecule has 1 aromatic heterocycles. The van der Waals surface area contributed by atoms with Crippen molar-refractivity contribution < 1.29 is 14.3 Å². The lowest BCUT2D eigenvalue weighted by Gasteiger charge is -2.13. The molecule has 0 spiro atoms. The fourth-order valence-electron chi connectivity index (χ4n) is 3.73. The third-order valence-corrected chi connectivity index (χ3v) is 5.14. The fourth-order valence-corrected chi connectivity index (χ4v) is 3.73. The minimum atomic E-state index is -0.0828. The first-order chi connectivity index (χ1) is 13.9. The normalized spacial score (nSPS) is 14.8. The van der Waals surface area contributed by atoms with Gasteiger partial charge in [-0.1, -0.05) is 0 Å². The molecular formula is C22H28N4O3. The van der Waals surface area contributed by atoms with Crippen molar-refractivity contribution in [2.24, 2.45) is 0 Å². The first kappa shape index (κ1) is 20.7. The highest BCUT2D eigenvalue weighted by atomic mass is 16.5. The van der Waals surface area contributed by atoms with Gasteiger partial charge in [-0.05, 0) is 45.7 Å². The number of fused-ring (bicyclic) bond motifs is 1. The highest BCUT2D eigenvalue weighted by Gasteiger charge is 2.23. The molecule has 1 amide bonds. The number of rotatable bonds is 8. The monoisotopic (exact) mass is 396 g/mol. The first-order valence-corrected chi connectivity index (χ1v) is 10.1. The molecule has 0 aliphatic carbocycles. The highest BCUT2D eigenvalue weighted by molar-refractivity contribution is 5.93. The van der Waals surface area contributed by atoms with Gasteiger partial charge in [-0.25, -0.2) is 0 Å². The number of hydrogen-bond donors (Lipinski definition) is 1. The number of aromatic nitrogens is 2. The Balaban J connectivity index is 1.68. The van der Waals surface area contributed by atoms with Crippen LogP contribution < -0.4 is 14.8 Å². The molecule has 2 heterocycles. The fraction of sp³-hybridized carbons (Fsp3) is 0.500. The summed E-state index contributed by atoms with van der Waals surface area (Å²) in [5.41, 5.74) is 4.73. The molecule has 1 aromatic carbocycles. The minimum absolute atomic E-state index is 0.0828. The Hall–Kier alpha value is -3.01. The molecule has 0 bridgehead atoms. The quantitative estimate of drug-likeness (QED) is 0.735. The number of amides is 1. The van der Waals surface area contributed by atoms with Gasteiger partial charge in [-0.3, -0.25) is 9.48 Å². The molecule has 29 heavy (non-hydrogen) atoms. The average molecular weight is 396 g/mol. The van der Waals surface area contributed by atoms with Gasteiger partial charge in [0.1, 0.15) is 17.6 Å². The van der Waals surface area contributed by atoms with Crippen molar-refractivity contribution in [3.63, 3.8) is 0 Å². The Bertz CT molecular complexity index is 943. The number of nitriles is 1. The number of nitrogens with zero attached hydrogens (tertiary/aromatic N) is 3. The van der Waals surface area contributed by atoms with E-state index in [9.17, 15) is 4.79 Å². The third kappa shape index (κ3) is 4.70. The molecule has 0 saturated heterocycles. The maximum Gasteiger partial charge on any atom is 0.224 e. The molecule has 1 aliphatic heterocycles. The summed E-state index contributed by atoms with van der Waals surface area (Å²) >= 11 is 0. The number of anilines is 1. The van der Waals surface area contributed by atoms with E-state index in [0.29, 0.717) is 43.9 Å². The van der Waals surface area contributed by atoms with E-state index < -0.39 is 0 Å². The van der Waals surface area contributed by atoms with E-state index in [1.165, 1.54) is 0 Å². The molecule has 0 saturated carbocycles. The number of hydrogen-bond acceptors (Lipinski definition) is 5. The van der Waals surface area contributed by atoms with Crippen molar-refractivity contribution in [2.45, 2.75) is 66.0 Å². The summed E-state index contributed by atoms with van der Waals surface area (Å²) in [6.07, 6.45) is 2.33. The molecule has 154 valence electrons. The van der Waals surface area contributed by atoms with E-state index in [1.807, 2.05) is 44.5 Å². The van der Waals surface area contributed by atoms with Crippen molar-refractivity contribution in [3.05, 3.63) is 34.6 Å². The zero-order chi connectivity index (χ0) is 21.0. The maximum absolute atomic E-state index is 12.6. The smallest absolute Gasteiger partial charge is 0.224 e. The van der Waals surface area contributed by atoms with Gasteiger partial charge in [-0.2, -0.15) is 10.4 Å². The number of nitrogens with one attached hydrogen (secondary N) is 1. The molecular weight excluding hydrogens is 368 g/mol. The molecule has 7 nitrogen and oxygen atoms in total. The van der Waals surface area contributed by atoms with Gasteiger partial charge >= 0.3 is 0 Å². The number of ether oxygens (including phenoxy) is 2. The summed E-state index contributed by atoms with van der Waals surface area (Å²) in [7, 11) is 0.